The Morgan fingerprint density at radius 2 is 1.23 bits per heavy atom. The third kappa shape index (κ3) is 4.51. The Balaban J connectivity index is 2.00. The highest BCUT2D eigenvalue weighted by Gasteiger charge is 2.15. The second-order valence-corrected chi connectivity index (χ2v) is 7.65. The van der Waals surface area contributed by atoms with Crippen LogP contribution in [0.3, 0.4) is 0 Å². The van der Waals surface area contributed by atoms with E-state index in [0.29, 0.717) is 36.1 Å². The molecule has 0 aliphatic carbocycles. The number of hydrogen-bond donors (Lipinski definition) is 1. The Labute approximate surface area is 178 Å². The van der Waals surface area contributed by atoms with Crippen LogP contribution in [0.2, 0.25) is 20.1 Å². The summed E-state index contributed by atoms with van der Waals surface area (Å²) in [5.41, 5.74) is 0. The molecule has 0 unspecified atom stereocenters. The van der Waals surface area contributed by atoms with Crippen molar-refractivity contribution in [1.29, 1.82) is 0 Å². The Morgan fingerprint density at radius 1 is 0.654 bits per heavy atom. The van der Waals surface area contributed by atoms with Crippen molar-refractivity contribution in [2.45, 2.75) is 0 Å². The molecule has 3 rings (SSSR count). The van der Waals surface area contributed by atoms with Crippen LogP contribution >= 0.6 is 62.3 Å². The van der Waals surface area contributed by atoms with Crippen LogP contribution < -0.4 is 9.47 Å². The third-order valence-electron chi connectivity index (χ3n) is 3.24. The van der Waals surface area contributed by atoms with Crippen molar-refractivity contribution in [3.63, 3.8) is 0 Å². The highest BCUT2D eigenvalue weighted by Crippen LogP contribution is 2.44. The first-order valence-electron chi connectivity index (χ1n) is 7.12. The number of aromatic hydroxyl groups is 1. The van der Waals surface area contributed by atoms with Gasteiger partial charge in [-0.1, -0.05) is 46.4 Å². The number of phenolic OH excluding ortho intramolecular Hbond substituents is 1. The molecule has 3 nitrogen and oxygen atoms in total. The van der Waals surface area contributed by atoms with Crippen molar-refractivity contribution < 1.29 is 14.6 Å². The van der Waals surface area contributed by atoms with Gasteiger partial charge in [0.2, 0.25) is 0 Å². The van der Waals surface area contributed by atoms with E-state index in [-0.39, 0.29) is 17.2 Å². The van der Waals surface area contributed by atoms with Gasteiger partial charge in [0, 0.05) is 32.7 Å². The highest BCUT2D eigenvalue weighted by atomic mass is 79.9. The summed E-state index contributed by atoms with van der Waals surface area (Å²) in [5.74, 6) is 1.07. The second kappa shape index (κ2) is 8.15. The fourth-order valence-electron chi connectivity index (χ4n) is 2.04. The van der Waals surface area contributed by atoms with Gasteiger partial charge in [-0.15, -0.1) is 0 Å². The van der Waals surface area contributed by atoms with E-state index in [4.69, 9.17) is 55.9 Å². The quantitative estimate of drug-likeness (QED) is 0.396. The standard InChI is InChI=1S/C18H9BrCl4O3/c19-11-7-17(25-15-3-1-9(20)5-13(15)23)18(8-12(11)22)26-16-4-2-10(21)6-14(16)24/h1-8,24H. The van der Waals surface area contributed by atoms with Gasteiger partial charge in [-0.3, -0.25) is 0 Å². The molecule has 0 saturated carbocycles. The second-order valence-electron chi connectivity index (χ2n) is 5.10. The molecule has 3 aromatic rings. The summed E-state index contributed by atoms with van der Waals surface area (Å²) >= 11 is 27.4. The van der Waals surface area contributed by atoms with E-state index in [1.807, 2.05) is 0 Å². The van der Waals surface area contributed by atoms with Crippen LogP contribution in [0.1, 0.15) is 0 Å². The van der Waals surface area contributed by atoms with Gasteiger partial charge in [0.15, 0.2) is 23.0 Å². The summed E-state index contributed by atoms with van der Waals surface area (Å²) in [7, 11) is 0. The molecular weight excluding hydrogens is 486 g/mol. The average molecular weight is 495 g/mol. The molecule has 0 bridgehead atoms. The van der Waals surface area contributed by atoms with Gasteiger partial charge in [-0.2, -0.15) is 0 Å². The van der Waals surface area contributed by atoms with Gasteiger partial charge < -0.3 is 14.6 Å². The molecule has 0 saturated heterocycles. The van der Waals surface area contributed by atoms with E-state index in [1.165, 1.54) is 12.1 Å². The summed E-state index contributed by atoms with van der Waals surface area (Å²) in [4.78, 5) is 0. The Bertz CT molecular complexity index is 900. The van der Waals surface area contributed by atoms with Gasteiger partial charge >= 0.3 is 0 Å². The summed E-state index contributed by atoms with van der Waals surface area (Å²) in [5, 5.41) is 11.6. The normalized spacial score (nSPS) is 10.7. The lowest BCUT2D eigenvalue weighted by Crippen LogP contribution is -1.92. The average Bonchev–Trinajstić information content (AvgIpc) is 2.57. The first-order chi connectivity index (χ1) is 12.3. The fraction of sp³-hybridized carbons (Fsp3) is 0. The van der Waals surface area contributed by atoms with Gasteiger partial charge in [0.1, 0.15) is 5.75 Å². The molecule has 26 heavy (non-hydrogen) atoms. The van der Waals surface area contributed by atoms with Crippen LogP contribution in [0, 0.1) is 0 Å². The lowest BCUT2D eigenvalue weighted by atomic mass is 10.3. The Kier molecular flexibility index (Phi) is 6.10. The van der Waals surface area contributed by atoms with E-state index in [0.717, 1.165) is 0 Å². The van der Waals surface area contributed by atoms with Crippen molar-refractivity contribution >= 4 is 62.3 Å². The van der Waals surface area contributed by atoms with Crippen LogP contribution in [0.4, 0.5) is 0 Å². The van der Waals surface area contributed by atoms with E-state index in [9.17, 15) is 5.11 Å². The van der Waals surface area contributed by atoms with Gasteiger partial charge in [0.25, 0.3) is 0 Å². The fourth-order valence-corrected chi connectivity index (χ4v) is 3.13. The lowest BCUT2D eigenvalue weighted by Gasteiger charge is -2.15. The number of ether oxygens (including phenoxy) is 2. The summed E-state index contributed by atoms with van der Waals surface area (Å²) in [6.45, 7) is 0. The van der Waals surface area contributed by atoms with Crippen LogP contribution in [-0.4, -0.2) is 5.11 Å². The monoisotopic (exact) mass is 492 g/mol. The van der Waals surface area contributed by atoms with Crippen molar-refractivity contribution in [2.24, 2.45) is 0 Å². The minimum atomic E-state index is -0.119. The summed E-state index contributed by atoms with van der Waals surface area (Å²) in [6, 6.07) is 12.5. The Morgan fingerprint density at radius 3 is 1.88 bits per heavy atom. The van der Waals surface area contributed by atoms with Crippen LogP contribution in [0.25, 0.3) is 0 Å². The highest BCUT2D eigenvalue weighted by molar-refractivity contribution is 9.10. The van der Waals surface area contributed by atoms with Gasteiger partial charge in [-0.25, -0.2) is 0 Å². The van der Waals surface area contributed by atoms with Crippen molar-refractivity contribution in [2.75, 3.05) is 0 Å². The molecule has 0 radical (unpaired) electrons. The van der Waals surface area contributed by atoms with E-state index in [1.54, 1.807) is 36.4 Å². The SMILES string of the molecule is Oc1cc(Cl)ccc1Oc1cc(Cl)c(Br)cc1Oc1ccc(Cl)cc1Cl. The molecule has 1 N–H and O–H groups in total. The zero-order chi connectivity index (χ0) is 18.8. The van der Waals surface area contributed by atoms with E-state index >= 15 is 0 Å². The molecule has 3 aromatic carbocycles. The molecule has 8 heteroatoms. The lowest BCUT2D eigenvalue weighted by molar-refractivity contribution is 0.389. The number of hydrogen-bond acceptors (Lipinski definition) is 3. The first-order valence-corrected chi connectivity index (χ1v) is 9.42. The Hall–Kier alpha value is -1.30. The molecule has 0 atom stereocenters. The molecule has 0 amide bonds. The molecule has 0 heterocycles. The maximum absolute atomic E-state index is 10.0. The zero-order valence-corrected chi connectivity index (χ0v) is 17.4. The van der Waals surface area contributed by atoms with Crippen molar-refractivity contribution in [1.82, 2.24) is 0 Å². The van der Waals surface area contributed by atoms with Gasteiger partial charge in [0.05, 0.1) is 10.0 Å². The van der Waals surface area contributed by atoms with Crippen molar-refractivity contribution in [3.05, 3.63) is 73.1 Å². The predicted molar refractivity (Wildman–Crippen MR) is 109 cm³/mol. The molecule has 0 aliphatic heterocycles. The topological polar surface area (TPSA) is 38.7 Å². The molecule has 0 spiro atoms. The van der Waals surface area contributed by atoms with Crippen LogP contribution in [-0.2, 0) is 0 Å². The third-order valence-corrected chi connectivity index (χ3v) is 5.20. The maximum atomic E-state index is 10.0. The van der Waals surface area contributed by atoms with Crippen LogP contribution in [0.5, 0.6) is 28.7 Å². The zero-order valence-electron chi connectivity index (χ0n) is 12.8. The largest absolute Gasteiger partial charge is 0.504 e. The maximum Gasteiger partial charge on any atom is 0.171 e. The minimum Gasteiger partial charge on any atom is -0.504 e. The number of halogens is 5. The van der Waals surface area contributed by atoms with E-state index < -0.39 is 0 Å². The van der Waals surface area contributed by atoms with Gasteiger partial charge in [-0.05, 0) is 46.3 Å². The van der Waals surface area contributed by atoms with Crippen LogP contribution in [0.15, 0.2) is 53.0 Å². The molecule has 0 aromatic heterocycles. The molecule has 0 fully saturated rings. The summed E-state index contributed by atoms with van der Waals surface area (Å²) in [6.07, 6.45) is 0. The predicted octanol–water partition coefficient (Wildman–Crippen LogP) is 8.35. The first kappa shape index (κ1) is 19.5. The number of rotatable bonds is 4. The molecule has 0 aliphatic rings. The minimum absolute atomic E-state index is 0.119. The molecular formula is C18H9BrCl4O3. The number of phenols is 1. The number of benzene rings is 3. The molecule has 134 valence electrons. The van der Waals surface area contributed by atoms with Crippen molar-refractivity contribution in [3.8, 4) is 28.7 Å². The summed E-state index contributed by atoms with van der Waals surface area (Å²) < 4.78 is 12.2. The van der Waals surface area contributed by atoms with E-state index in [2.05, 4.69) is 15.9 Å². The smallest absolute Gasteiger partial charge is 0.171 e.